The lowest BCUT2D eigenvalue weighted by Gasteiger charge is -2.61. The summed E-state index contributed by atoms with van der Waals surface area (Å²) in [7, 11) is 0. The molecule has 1 aliphatic heterocycles. The summed E-state index contributed by atoms with van der Waals surface area (Å²) in [5, 5.41) is 10.2. The van der Waals surface area contributed by atoms with Crippen molar-refractivity contribution in [3.05, 3.63) is 24.1 Å². The number of aliphatic hydroxyl groups is 1. The Bertz CT molecular complexity index is 495. The van der Waals surface area contributed by atoms with Crippen molar-refractivity contribution in [1.82, 2.24) is 4.90 Å². The van der Waals surface area contributed by atoms with Crippen LogP contribution in [-0.4, -0.2) is 28.5 Å². The van der Waals surface area contributed by atoms with Crippen molar-refractivity contribution in [2.24, 2.45) is 28.9 Å². The summed E-state index contributed by atoms with van der Waals surface area (Å²) in [6, 6.07) is 0.389. The molecular formula is C16H22N2O2. The first-order chi connectivity index (χ1) is 9.59. The lowest BCUT2D eigenvalue weighted by atomic mass is 9.47. The van der Waals surface area contributed by atoms with E-state index in [1.165, 1.54) is 12.8 Å². The number of aliphatic hydroxyl groups excluding tert-OH is 1. The van der Waals surface area contributed by atoms with Crippen molar-refractivity contribution in [1.29, 1.82) is 0 Å². The van der Waals surface area contributed by atoms with Crippen LogP contribution in [0.1, 0.15) is 32.1 Å². The predicted octanol–water partition coefficient (Wildman–Crippen LogP) is 1.94. The summed E-state index contributed by atoms with van der Waals surface area (Å²) in [5.74, 6) is 1.99. The Morgan fingerprint density at radius 1 is 1.30 bits per heavy atom. The van der Waals surface area contributed by atoms with Gasteiger partial charge in [0.2, 0.25) is 5.91 Å². The zero-order valence-electron chi connectivity index (χ0n) is 11.7. The lowest BCUT2D eigenvalue weighted by molar-refractivity contribution is -0.152. The Morgan fingerprint density at radius 3 is 2.60 bits per heavy atom. The molecule has 0 aromatic heterocycles. The standard InChI is InChI=1S/C16H22N2O2/c17-15(20)16-7-10-5-11(8-16)14(12(6-10)9-16)18-4-2-1-3-13(18)19/h1-3,10-12,14,19H,4-9H2,(H2,17,20). The van der Waals surface area contributed by atoms with Crippen molar-refractivity contribution in [2.75, 3.05) is 6.54 Å². The zero-order valence-corrected chi connectivity index (χ0v) is 11.7. The van der Waals surface area contributed by atoms with Crippen LogP contribution in [-0.2, 0) is 4.79 Å². The molecule has 0 saturated heterocycles. The molecule has 1 heterocycles. The van der Waals surface area contributed by atoms with Crippen LogP contribution in [0, 0.1) is 23.2 Å². The van der Waals surface area contributed by atoms with Crippen LogP contribution < -0.4 is 5.73 Å². The fraction of sp³-hybridized carbons (Fsp3) is 0.688. The van der Waals surface area contributed by atoms with Crippen molar-refractivity contribution in [3.8, 4) is 0 Å². The molecule has 4 aliphatic carbocycles. The van der Waals surface area contributed by atoms with Gasteiger partial charge >= 0.3 is 0 Å². The summed E-state index contributed by atoms with van der Waals surface area (Å²) < 4.78 is 0. The van der Waals surface area contributed by atoms with Gasteiger partial charge in [-0.1, -0.05) is 12.2 Å². The number of primary amides is 1. The largest absolute Gasteiger partial charge is 0.495 e. The van der Waals surface area contributed by atoms with E-state index in [-0.39, 0.29) is 11.3 Å². The van der Waals surface area contributed by atoms with Gasteiger partial charge in [-0.25, -0.2) is 0 Å². The van der Waals surface area contributed by atoms with Crippen molar-refractivity contribution in [2.45, 2.75) is 38.1 Å². The van der Waals surface area contributed by atoms with Gasteiger partial charge in [-0.15, -0.1) is 0 Å². The van der Waals surface area contributed by atoms with Crippen molar-refractivity contribution in [3.63, 3.8) is 0 Å². The number of hydrogen-bond acceptors (Lipinski definition) is 3. The summed E-state index contributed by atoms with van der Waals surface area (Å²) in [4.78, 5) is 14.1. The van der Waals surface area contributed by atoms with Crippen LogP contribution in [0.25, 0.3) is 0 Å². The highest BCUT2D eigenvalue weighted by Crippen LogP contribution is 2.61. The van der Waals surface area contributed by atoms with Crippen LogP contribution in [0.2, 0.25) is 0 Å². The molecular weight excluding hydrogens is 252 g/mol. The van der Waals surface area contributed by atoms with E-state index in [0.717, 1.165) is 25.8 Å². The third kappa shape index (κ3) is 1.57. The smallest absolute Gasteiger partial charge is 0.223 e. The average molecular weight is 274 g/mol. The predicted molar refractivity (Wildman–Crippen MR) is 75.5 cm³/mol. The van der Waals surface area contributed by atoms with Gasteiger partial charge in [-0.3, -0.25) is 4.79 Å². The number of amides is 1. The van der Waals surface area contributed by atoms with E-state index in [2.05, 4.69) is 11.0 Å². The van der Waals surface area contributed by atoms with Gasteiger partial charge < -0.3 is 15.7 Å². The van der Waals surface area contributed by atoms with E-state index in [0.29, 0.717) is 29.7 Å². The minimum absolute atomic E-state index is 0.0892. The van der Waals surface area contributed by atoms with E-state index in [1.54, 1.807) is 6.08 Å². The van der Waals surface area contributed by atoms with E-state index in [9.17, 15) is 9.90 Å². The Hall–Kier alpha value is -1.45. The van der Waals surface area contributed by atoms with Gasteiger partial charge in [-0.05, 0) is 55.9 Å². The lowest BCUT2D eigenvalue weighted by Crippen LogP contribution is -2.62. The third-order valence-electron chi connectivity index (χ3n) is 6.08. The van der Waals surface area contributed by atoms with Gasteiger partial charge in [0.05, 0.1) is 0 Å². The van der Waals surface area contributed by atoms with Crippen LogP contribution in [0.5, 0.6) is 0 Å². The number of carbonyl (C=O) groups is 1. The first-order valence-electron chi connectivity index (χ1n) is 7.71. The Balaban J connectivity index is 1.65. The Kier molecular flexibility index (Phi) is 2.48. The minimum Gasteiger partial charge on any atom is -0.495 e. The van der Waals surface area contributed by atoms with Crippen LogP contribution in [0.3, 0.4) is 0 Å². The van der Waals surface area contributed by atoms with Gasteiger partial charge in [0.15, 0.2) is 5.88 Å². The van der Waals surface area contributed by atoms with E-state index >= 15 is 0 Å². The van der Waals surface area contributed by atoms with Crippen molar-refractivity contribution >= 4 is 5.91 Å². The minimum atomic E-state index is -0.238. The molecule has 2 atom stereocenters. The molecule has 4 saturated carbocycles. The highest BCUT2D eigenvalue weighted by molar-refractivity contribution is 5.81. The molecule has 108 valence electrons. The van der Waals surface area contributed by atoms with Gasteiger partial charge in [0.1, 0.15) is 0 Å². The molecule has 4 fully saturated rings. The number of hydrogen-bond donors (Lipinski definition) is 2. The summed E-state index contributed by atoms with van der Waals surface area (Å²) in [6.45, 7) is 0.786. The molecule has 4 nitrogen and oxygen atoms in total. The molecule has 20 heavy (non-hydrogen) atoms. The fourth-order valence-electron chi connectivity index (χ4n) is 5.60. The highest BCUT2D eigenvalue weighted by Gasteiger charge is 2.59. The molecule has 5 aliphatic rings. The van der Waals surface area contributed by atoms with E-state index in [1.807, 2.05) is 6.08 Å². The molecule has 0 aromatic carbocycles. The van der Waals surface area contributed by atoms with Gasteiger partial charge in [-0.2, -0.15) is 0 Å². The van der Waals surface area contributed by atoms with Gasteiger partial charge in [0, 0.05) is 18.0 Å². The number of allylic oxidation sites excluding steroid dienone is 2. The van der Waals surface area contributed by atoms with E-state index < -0.39 is 0 Å². The molecule has 4 heteroatoms. The summed E-state index contributed by atoms with van der Waals surface area (Å²) >= 11 is 0. The molecule has 3 N–H and O–H groups in total. The maximum atomic E-state index is 11.9. The number of rotatable bonds is 2. The maximum Gasteiger partial charge on any atom is 0.223 e. The molecule has 1 amide bonds. The number of nitrogens with zero attached hydrogens (tertiary/aromatic N) is 1. The fourth-order valence-corrected chi connectivity index (χ4v) is 5.60. The maximum absolute atomic E-state index is 11.9. The first kappa shape index (κ1) is 12.3. The number of nitrogens with two attached hydrogens (primary N) is 1. The second-order valence-electron chi connectivity index (χ2n) is 7.21. The number of carbonyl (C=O) groups excluding carboxylic acids is 1. The average Bonchev–Trinajstić information content (AvgIpc) is 2.39. The third-order valence-corrected chi connectivity index (χ3v) is 6.08. The van der Waals surface area contributed by atoms with Gasteiger partial charge in [0.25, 0.3) is 0 Å². The topological polar surface area (TPSA) is 66.6 Å². The zero-order chi connectivity index (χ0) is 13.9. The normalized spacial score (nSPS) is 45.6. The molecule has 0 radical (unpaired) electrons. The monoisotopic (exact) mass is 274 g/mol. The molecule has 0 aromatic rings. The van der Waals surface area contributed by atoms with Crippen LogP contribution in [0.4, 0.5) is 0 Å². The summed E-state index contributed by atoms with van der Waals surface area (Å²) in [6.07, 6.45) is 11.0. The van der Waals surface area contributed by atoms with Crippen LogP contribution >= 0.6 is 0 Å². The highest BCUT2D eigenvalue weighted by atomic mass is 16.3. The second-order valence-corrected chi connectivity index (χ2v) is 7.21. The second kappa shape index (κ2) is 4.03. The van der Waals surface area contributed by atoms with Crippen molar-refractivity contribution < 1.29 is 9.90 Å². The van der Waals surface area contributed by atoms with Crippen LogP contribution in [0.15, 0.2) is 24.1 Å². The SMILES string of the molecule is NC(=O)C12CC3CC(C1)C(N1CC=CC=C1O)C(C3)C2. The molecule has 2 unspecified atom stereocenters. The quantitative estimate of drug-likeness (QED) is 0.808. The molecule has 0 spiro atoms. The summed E-state index contributed by atoms with van der Waals surface area (Å²) in [5.41, 5.74) is 5.48. The Morgan fingerprint density at radius 2 is 2.00 bits per heavy atom. The Labute approximate surface area is 119 Å². The molecule has 4 bridgehead atoms. The first-order valence-corrected chi connectivity index (χ1v) is 7.71. The van der Waals surface area contributed by atoms with E-state index in [4.69, 9.17) is 5.73 Å². The molecule has 5 rings (SSSR count).